The van der Waals surface area contributed by atoms with Crippen molar-refractivity contribution in [2.45, 2.75) is 32.2 Å². The molecule has 0 aliphatic rings. The number of rotatable bonds is 7. The fourth-order valence-electron chi connectivity index (χ4n) is 1.00. The van der Waals surface area contributed by atoms with Gasteiger partial charge in [-0.25, -0.2) is 0 Å². The lowest BCUT2D eigenvalue weighted by Crippen LogP contribution is -2.23. The summed E-state index contributed by atoms with van der Waals surface area (Å²) < 4.78 is 21.1. The van der Waals surface area contributed by atoms with Crippen molar-refractivity contribution < 1.29 is 23.8 Å². The van der Waals surface area contributed by atoms with Gasteiger partial charge in [0.2, 0.25) is 0 Å². The van der Waals surface area contributed by atoms with Crippen molar-refractivity contribution in [1.29, 1.82) is 5.26 Å². The van der Waals surface area contributed by atoms with E-state index in [2.05, 4.69) is 0 Å². The Bertz CT molecular complexity index is 252. The molecule has 0 aromatic rings. The van der Waals surface area contributed by atoms with Gasteiger partial charge in [-0.15, -0.1) is 0 Å². The highest BCUT2D eigenvalue weighted by Crippen LogP contribution is 2.43. The average Bonchev–Trinajstić information content (AvgIpc) is 2.12. The lowest BCUT2D eigenvalue weighted by Gasteiger charge is -2.19. The first kappa shape index (κ1) is 14.6. The molecule has 0 spiro atoms. The maximum Gasteiger partial charge on any atom is 0.342 e. The van der Waals surface area contributed by atoms with Crippen LogP contribution in [0.5, 0.6) is 0 Å². The van der Waals surface area contributed by atoms with E-state index >= 15 is 0 Å². The van der Waals surface area contributed by atoms with E-state index in [1.807, 2.05) is 0 Å². The van der Waals surface area contributed by atoms with E-state index in [1.54, 1.807) is 19.9 Å². The van der Waals surface area contributed by atoms with Crippen molar-refractivity contribution in [2.75, 3.05) is 13.2 Å². The third-order valence-electron chi connectivity index (χ3n) is 1.68. The molecule has 0 aromatic heterocycles. The van der Waals surface area contributed by atoms with Gasteiger partial charge in [0.1, 0.15) is 0 Å². The molecule has 0 aliphatic carbocycles. The summed E-state index contributed by atoms with van der Waals surface area (Å²) in [5.41, 5.74) is -1.37. The van der Waals surface area contributed by atoms with Crippen LogP contribution in [0.4, 0.5) is 0 Å². The zero-order valence-corrected chi connectivity index (χ0v) is 9.68. The van der Waals surface area contributed by atoms with Crippen molar-refractivity contribution in [1.82, 2.24) is 0 Å². The van der Waals surface area contributed by atoms with Gasteiger partial charge in [-0.3, -0.25) is 4.57 Å². The average molecular weight is 237 g/mol. The van der Waals surface area contributed by atoms with Gasteiger partial charge in [0.15, 0.2) is 11.9 Å². The summed E-state index contributed by atoms with van der Waals surface area (Å²) in [7, 11) is -4.40. The molecule has 0 fully saturated rings. The smallest absolute Gasteiger partial charge is 0.342 e. The van der Waals surface area contributed by atoms with E-state index in [4.69, 9.17) is 24.5 Å². The van der Waals surface area contributed by atoms with Gasteiger partial charge in [0.25, 0.3) is 0 Å². The van der Waals surface area contributed by atoms with Crippen LogP contribution >= 0.6 is 7.60 Å². The number of hydrogen-bond acceptors (Lipinski definition) is 4. The van der Waals surface area contributed by atoms with Crippen molar-refractivity contribution in [3.05, 3.63) is 0 Å². The van der Waals surface area contributed by atoms with Crippen LogP contribution in [0.15, 0.2) is 0 Å². The molecule has 0 aromatic carbocycles. The first-order chi connectivity index (χ1) is 6.95. The van der Waals surface area contributed by atoms with Crippen LogP contribution in [0.2, 0.25) is 0 Å². The quantitative estimate of drug-likeness (QED) is 0.503. The van der Waals surface area contributed by atoms with Gasteiger partial charge in [0.05, 0.1) is 6.07 Å². The third kappa shape index (κ3) is 5.88. The topological polar surface area (TPSA) is 99.8 Å². The normalized spacial score (nSPS) is 13.9. The molecule has 0 amide bonds. The molecule has 1 unspecified atom stereocenters. The van der Waals surface area contributed by atoms with Gasteiger partial charge in [-0.05, 0) is 13.8 Å². The fourth-order valence-corrected chi connectivity index (χ4v) is 1.60. The van der Waals surface area contributed by atoms with Gasteiger partial charge < -0.3 is 19.3 Å². The predicted octanol–water partition coefficient (Wildman–Crippen LogP) is 0.845. The van der Waals surface area contributed by atoms with Crippen LogP contribution in [0.3, 0.4) is 0 Å². The van der Waals surface area contributed by atoms with Crippen LogP contribution in [0.1, 0.15) is 20.3 Å². The predicted molar refractivity (Wildman–Crippen MR) is 53.1 cm³/mol. The van der Waals surface area contributed by atoms with Crippen molar-refractivity contribution in [3.63, 3.8) is 0 Å². The third-order valence-corrected chi connectivity index (χ3v) is 2.81. The van der Waals surface area contributed by atoms with Crippen LogP contribution in [-0.4, -0.2) is 34.9 Å². The summed E-state index contributed by atoms with van der Waals surface area (Å²) in [5, 5.41) is 8.59. The maximum absolute atomic E-state index is 10.9. The minimum Gasteiger partial charge on any atom is -0.353 e. The molecule has 1 atom stereocenters. The first-order valence-electron chi connectivity index (χ1n) is 4.63. The SMILES string of the molecule is CCOC(CC(C#N)P(=O)(O)O)OCC. The van der Waals surface area contributed by atoms with Gasteiger partial charge >= 0.3 is 7.60 Å². The highest BCUT2D eigenvalue weighted by atomic mass is 31.2. The van der Waals surface area contributed by atoms with E-state index in [0.717, 1.165) is 0 Å². The number of ether oxygens (including phenoxy) is 2. The summed E-state index contributed by atoms with van der Waals surface area (Å²) in [5.74, 6) is 0. The van der Waals surface area contributed by atoms with E-state index in [-0.39, 0.29) is 6.42 Å². The van der Waals surface area contributed by atoms with Gasteiger partial charge in [-0.2, -0.15) is 5.26 Å². The number of nitriles is 1. The molecule has 0 radical (unpaired) electrons. The Hall–Kier alpha value is -0.440. The summed E-state index contributed by atoms with van der Waals surface area (Å²) in [6.07, 6.45) is -0.861. The highest BCUT2D eigenvalue weighted by molar-refractivity contribution is 7.52. The fraction of sp³-hybridized carbons (Fsp3) is 0.875. The van der Waals surface area contributed by atoms with Crippen LogP contribution in [0.25, 0.3) is 0 Å². The number of nitrogens with zero attached hydrogens (tertiary/aromatic N) is 1. The van der Waals surface area contributed by atoms with Crippen molar-refractivity contribution in [2.24, 2.45) is 0 Å². The Labute approximate surface area is 89.0 Å². The Morgan fingerprint density at radius 2 is 1.80 bits per heavy atom. The molecular weight excluding hydrogens is 221 g/mol. The molecule has 0 heterocycles. The van der Waals surface area contributed by atoms with Crippen LogP contribution < -0.4 is 0 Å². The molecule has 0 saturated heterocycles. The Morgan fingerprint density at radius 1 is 1.33 bits per heavy atom. The lowest BCUT2D eigenvalue weighted by molar-refractivity contribution is -0.138. The molecule has 0 bridgehead atoms. The molecule has 7 heteroatoms. The maximum atomic E-state index is 10.9. The zero-order valence-electron chi connectivity index (χ0n) is 8.79. The summed E-state index contributed by atoms with van der Waals surface area (Å²) >= 11 is 0. The van der Waals surface area contributed by atoms with Crippen molar-refractivity contribution in [3.8, 4) is 6.07 Å². The highest BCUT2D eigenvalue weighted by Gasteiger charge is 2.31. The van der Waals surface area contributed by atoms with E-state index in [9.17, 15) is 4.57 Å². The Balaban J connectivity index is 4.36. The van der Waals surface area contributed by atoms with Crippen LogP contribution in [-0.2, 0) is 14.0 Å². The summed E-state index contributed by atoms with van der Waals surface area (Å²) in [6.45, 7) is 4.21. The molecule has 88 valence electrons. The van der Waals surface area contributed by atoms with Crippen LogP contribution in [0, 0.1) is 11.3 Å². The minimum atomic E-state index is -4.40. The van der Waals surface area contributed by atoms with E-state index in [1.165, 1.54) is 0 Å². The Morgan fingerprint density at radius 3 is 2.07 bits per heavy atom. The molecule has 0 aliphatic heterocycles. The largest absolute Gasteiger partial charge is 0.353 e. The second-order valence-corrected chi connectivity index (χ2v) is 4.61. The minimum absolute atomic E-state index is 0.123. The van der Waals surface area contributed by atoms with E-state index < -0.39 is 19.5 Å². The zero-order chi connectivity index (χ0) is 11.9. The molecule has 0 rings (SSSR count). The molecular formula is C8H16NO5P. The summed E-state index contributed by atoms with van der Waals surface area (Å²) in [6, 6.07) is 1.57. The van der Waals surface area contributed by atoms with E-state index in [0.29, 0.717) is 13.2 Å². The molecule has 6 nitrogen and oxygen atoms in total. The monoisotopic (exact) mass is 237 g/mol. The van der Waals surface area contributed by atoms with Crippen molar-refractivity contribution >= 4 is 7.60 Å². The summed E-state index contributed by atoms with van der Waals surface area (Å²) in [4.78, 5) is 17.7. The standard InChI is InChI=1S/C8H16NO5P/c1-3-13-8(14-4-2)5-7(6-9)15(10,11)12/h7-8H,3-5H2,1-2H3,(H2,10,11,12). The molecule has 15 heavy (non-hydrogen) atoms. The second kappa shape index (κ2) is 6.94. The van der Waals surface area contributed by atoms with Gasteiger partial charge in [-0.1, -0.05) is 0 Å². The number of hydrogen-bond donors (Lipinski definition) is 2. The Kier molecular flexibility index (Phi) is 6.73. The molecule has 2 N–H and O–H groups in total. The second-order valence-electron chi connectivity index (χ2n) is 2.81. The molecule has 0 saturated carbocycles. The first-order valence-corrected chi connectivity index (χ1v) is 6.31. The lowest BCUT2D eigenvalue weighted by atomic mass is 10.3. The van der Waals surface area contributed by atoms with Gasteiger partial charge in [0, 0.05) is 19.6 Å².